The van der Waals surface area contributed by atoms with Crippen LogP contribution in [0.1, 0.15) is 0 Å². The Hall–Kier alpha value is -0.240. The molecule has 1 rings (SSSR count). The average Bonchev–Trinajstić information content (AvgIpc) is 1.77. The minimum absolute atomic E-state index is 0. The van der Waals surface area contributed by atoms with E-state index in [9.17, 15) is 0 Å². The highest BCUT2D eigenvalue weighted by Gasteiger charge is 2.08. The van der Waals surface area contributed by atoms with Crippen molar-refractivity contribution >= 4 is 0 Å². The molecule has 1 aliphatic heterocycles. The molecular formula is C4H16N4O2. The van der Waals surface area contributed by atoms with Crippen LogP contribution in [-0.2, 0) is 0 Å². The first-order valence-electron chi connectivity index (χ1n) is 2.78. The van der Waals surface area contributed by atoms with Crippen LogP contribution in [-0.4, -0.2) is 47.1 Å². The van der Waals surface area contributed by atoms with Crippen molar-refractivity contribution in [1.82, 2.24) is 10.0 Å². The van der Waals surface area contributed by atoms with E-state index >= 15 is 0 Å². The highest BCUT2D eigenvalue weighted by atomic mass is 16.0. The molecule has 6 heteroatoms. The third-order valence-electron chi connectivity index (χ3n) is 1.35. The highest BCUT2D eigenvalue weighted by Crippen LogP contribution is 1.88. The van der Waals surface area contributed by atoms with E-state index in [0.29, 0.717) is 0 Å². The molecule has 0 atom stereocenters. The third kappa shape index (κ3) is 3.72. The molecule has 64 valence electrons. The molecule has 0 bridgehead atoms. The van der Waals surface area contributed by atoms with Gasteiger partial charge in [0, 0.05) is 26.2 Å². The molecule has 0 aromatic rings. The van der Waals surface area contributed by atoms with Gasteiger partial charge in [-0.2, -0.15) is 0 Å². The molecule has 0 radical (unpaired) electrons. The first-order chi connectivity index (χ1) is 3.79. The Morgan fingerprint density at radius 1 is 0.700 bits per heavy atom. The van der Waals surface area contributed by atoms with Gasteiger partial charge in [0.1, 0.15) is 0 Å². The van der Waals surface area contributed by atoms with E-state index in [1.165, 1.54) is 0 Å². The molecule has 6 nitrogen and oxygen atoms in total. The summed E-state index contributed by atoms with van der Waals surface area (Å²) in [6.45, 7) is 3.54. The lowest BCUT2D eigenvalue weighted by Crippen LogP contribution is -2.51. The van der Waals surface area contributed by atoms with Gasteiger partial charge in [-0.15, -0.1) is 0 Å². The van der Waals surface area contributed by atoms with E-state index in [-0.39, 0.29) is 11.0 Å². The Balaban J connectivity index is 0. The van der Waals surface area contributed by atoms with Crippen LogP contribution in [0.5, 0.6) is 0 Å². The Morgan fingerprint density at radius 2 is 0.900 bits per heavy atom. The minimum Gasteiger partial charge on any atom is -0.412 e. The van der Waals surface area contributed by atoms with Crippen LogP contribution in [0.2, 0.25) is 0 Å². The summed E-state index contributed by atoms with van der Waals surface area (Å²) in [5.41, 5.74) is 0. The second-order valence-corrected chi connectivity index (χ2v) is 2.07. The van der Waals surface area contributed by atoms with E-state index in [2.05, 4.69) is 0 Å². The summed E-state index contributed by atoms with van der Waals surface area (Å²) in [6, 6.07) is 0. The van der Waals surface area contributed by atoms with Gasteiger partial charge >= 0.3 is 0 Å². The number of piperazine rings is 1. The molecule has 0 spiro atoms. The highest BCUT2D eigenvalue weighted by molar-refractivity contribution is 4.61. The molecule has 0 amide bonds. The Labute approximate surface area is 59.9 Å². The lowest BCUT2D eigenvalue weighted by atomic mass is 10.4. The lowest BCUT2D eigenvalue weighted by molar-refractivity contribution is 0.135. The van der Waals surface area contributed by atoms with Gasteiger partial charge in [0.05, 0.1) is 0 Å². The predicted molar refractivity (Wildman–Crippen MR) is 38.7 cm³/mol. The van der Waals surface area contributed by atoms with E-state index in [1.54, 1.807) is 10.0 Å². The molecule has 0 aromatic heterocycles. The van der Waals surface area contributed by atoms with Crippen LogP contribution in [0.3, 0.4) is 0 Å². The van der Waals surface area contributed by atoms with Crippen LogP contribution in [0.4, 0.5) is 0 Å². The largest absolute Gasteiger partial charge is 0.412 e. The SMILES string of the molecule is NN1CCN(N)CC1.O.O. The molecule has 1 saturated heterocycles. The second kappa shape index (κ2) is 5.54. The van der Waals surface area contributed by atoms with Crippen LogP contribution in [0.25, 0.3) is 0 Å². The Kier molecular flexibility index (Phi) is 6.89. The van der Waals surface area contributed by atoms with E-state index in [0.717, 1.165) is 26.2 Å². The maximum Gasteiger partial charge on any atom is 0.0271 e. The number of hydrazine groups is 2. The number of nitrogens with two attached hydrogens (primary N) is 2. The fourth-order valence-corrected chi connectivity index (χ4v) is 0.737. The zero-order valence-electron chi connectivity index (χ0n) is 5.88. The van der Waals surface area contributed by atoms with Crippen molar-refractivity contribution in [1.29, 1.82) is 0 Å². The first kappa shape index (κ1) is 12.4. The molecule has 1 fully saturated rings. The molecule has 0 aromatic carbocycles. The molecule has 0 saturated carbocycles. The van der Waals surface area contributed by atoms with Gasteiger partial charge in [-0.25, -0.2) is 10.0 Å². The minimum atomic E-state index is 0. The maximum absolute atomic E-state index is 5.45. The molecule has 10 heavy (non-hydrogen) atoms. The summed E-state index contributed by atoms with van der Waals surface area (Å²) in [4.78, 5) is 0. The van der Waals surface area contributed by atoms with E-state index in [1.807, 2.05) is 0 Å². The van der Waals surface area contributed by atoms with Crippen molar-refractivity contribution < 1.29 is 11.0 Å². The molecule has 0 unspecified atom stereocenters. The summed E-state index contributed by atoms with van der Waals surface area (Å²) in [5.74, 6) is 10.9. The first-order valence-corrected chi connectivity index (χ1v) is 2.78. The summed E-state index contributed by atoms with van der Waals surface area (Å²) in [6.07, 6.45) is 0. The third-order valence-corrected chi connectivity index (χ3v) is 1.35. The summed E-state index contributed by atoms with van der Waals surface area (Å²) in [7, 11) is 0. The number of hydrogen-bond acceptors (Lipinski definition) is 4. The van der Waals surface area contributed by atoms with Gasteiger partial charge in [0.25, 0.3) is 0 Å². The van der Waals surface area contributed by atoms with Gasteiger partial charge in [-0.3, -0.25) is 11.7 Å². The van der Waals surface area contributed by atoms with Crippen molar-refractivity contribution in [3.63, 3.8) is 0 Å². The molecule has 1 aliphatic rings. The smallest absolute Gasteiger partial charge is 0.0271 e. The standard InChI is InChI=1S/C4H12N4.2H2O/c5-7-1-2-8(6)4-3-7;;/h1-6H2;2*1H2. The average molecular weight is 152 g/mol. The molecule has 8 N–H and O–H groups in total. The fraction of sp³-hybridized carbons (Fsp3) is 1.00. The molecular weight excluding hydrogens is 136 g/mol. The lowest BCUT2D eigenvalue weighted by Gasteiger charge is -2.28. The summed E-state index contributed by atoms with van der Waals surface area (Å²) >= 11 is 0. The zero-order valence-corrected chi connectivity index (χ0v) is 5.88. The van der Waals surface area contributed by atoms with E-state index in [4.69, 9.17) is 11.7 Å². The maximum atomic E-state index is 5.45. The fourth-order valence-electron chi connectivity index (χ4n) is 0.737. The van der Waals surface area contributed by atoms with Gasteiger partial charge in [0.2, 0.25) is 0 Å². The van der Waals surface area contributed by atoms with Crippen molar-refractivity contribution in [3.8, 4) is 0 Å². The van der Waals surface area contributed by atoms with Crippen LogP contribution in [0, 0.1) is 0 Å². The van der Waals surface area contributed by atoms with Gasteiger partial charge < -0.3 is 11.0 Å². The van der Waals surface area contributed by atoms with Crippen molar-refractivity contribution in [2.24, 2.45) is 11.7 Å². The Bertz CT molecular complexity index is 63.7. The topological polar surface area (TPSA) is 122 Å². The van der Waals surface area contributed by atoms with Crippen molar-refractivity contribution in [2.75, 3.05) is 26.2 Å². The van der Waals surface area contributed by atoms with E-state index < -0.39 is 0 Å². The van der Waals surface area contributed by atoms with Crippen LogP contribution >= 0.6 is 0 Å². The van der Waals surface area contributed by atoms with Crippen molar-refractivity contribution in [2.45, 2.75) is 0 Å². The van der Waals surface area contributed by atoms with Crippen LogP contribution in [0.15, 0.2) is 0 Å². The molecule has 0 aliphatic carbocycles. The van der Waals surface area contributed by atoms with Crippen LogP contribution < -0.4 is 11.7 Å². The van der Waals surface area contributed by atoms with Crippen molar-refractivity contribution in [3.05, 3.63) is 0 Å². The number of nitrogens with zero attached hydrogens (tertiary/aromatic N) is 2. The quantitative estimate of drug-likeness (QED) is 0.353. The Morgan fingerprint density at radius 3 is 1.10 bits per heavy atom. The summed E-state index contributed by atoms with van der Waals surface area (Å²) < 4.78 is 0. The number of rotatable bonds is 0. The number of hydrogen-bond donors (Lipinski definition) is 2. The van der Waals surface area contributed by atoms with Gasteiger partial charge in [0.15, 0.2) is 0 Å². The van der Waals surface area contributed by atoms with Gasteiger partial charge in [-0.05, 0) is 0 Å². The molecule has 1 heterocycles. The second-order valence-electron chi connectivity index (χ2n) is 2.07. The monoisotopic (exact) mass is 152 g/mol. The van der Waals surface area contributed by atoms with Gasteiger partial charge in [-0.1, -0.05) is 0 Å². The predicted octanol–water partition coefficient (Wildman–Crippen LogP) is -3.30. The summed E-state index contributed by atoms with van der Waals surface area (Å²) in [5, 5.41) is 3.56. The normalized spacial score (nSPS) is 21.0. The zero-order chi connectivity index (χ0) is 5.98.